The third-order valence-electron chi connectivity index (χ3n) is 3.23. The van der Waals surface area contributed by atoms with Crippen LogP contribution in [-0.2, 0) is 0 Å². The van der Waals surface area contributed by atoms with Gasteiger partial charge in [-0.05, 0) is 34.1 Å². The molecule has 0 saturated heterocycles. The number of benzene rings is 2. The fourth-order valence-electron chi connectivity index (χ4n) is 2.32. The number of carbonyl (C=O) groups is 2. The Morgan fingerprint density at radius 2 is 1.67 bits per heavy atom. The van der Waals surface area contributed by atoms with Gasteiger partial charge in [-0.15, -0.1) is 0 Å². The van der Waals surface area contributed by atoms with E-state index in [1.165, 1.54) is 13.2 Å². The number of ether oxygens (including phenoxy) is 1. The third kappa shape index (κ3) is 2.03. The van der Waals surface area contributed by atoms with Crippen LogP contribution in [0.2, 0.25) is 0 Å². The lowest BCUT2D eigenvalue weighted by molar-refractivity contribution is 0.0925. The van der Waals surface area contributed by atoms with Crippen LogP contribution in [0.3, 0.4) is 0 Å². The van der Waals surface area contributed by atoms with Crippen molar-refractivity contribution in [2.24, 2.45) is 0 Å². The summed E-state index contributed by atoms with van der Waals surface area (Å²) in [5.74, 6) is -1.34. The molecule has 2 aromatic carbocycles. The van der Waals surface area contributed by atoms with Gasteiger partial charge in [0.25, 0.3) is 11.8 Å². The van der Waals surface area contributed by atoms with Crippen LogP contribution in [0.25, 0.3) is 0 Å². The quantitative estimate of drug-likeness (QED) is 0.780. The number of amides is 2. The van der Waals surface area contributed by atoms with E-state index in [0.29, 0.717) is 15.6 Å². The van der Waals surface area contributed by atoms with E-state index >= 15 is 0 Å². The van der Waals surface area contributed by atoms with Crippen LogP contribution in [0.15, 0.2) is 40.9 Å². The molecular formula is C15H9BrFNO3. The Morgan fingerprint density at radius 3 is 2.19 bits per heavy atom. The average molecular weight is 350 g/mol. The molecule has 6 heteroatoms. The Balaban J connectivity index is 2.20. The summed E-state index contributed by atoms with van der Waals surface area (Å²) in [6.45, 7) is 0. The average Bonchev–Trinajstić information content (AvgIpc) is 2.71. The van der Waals surface area contributed by atoms with Gasteiger partial charge in [-0.2, -0.15) is 0 Å². The number of methoxy groups -OCH3 is 1. The molecule has 0 atom stereocenters. The molecule has 4 nitrogen and oxygen atoms in total. The predicted molar refractivity (Wildman–Crippen MR) is 78.2 cm³/mol. The molecule has 3 rings (SSSR count). The Labute approximate surface area is 128 Å². The van der Waals surface area contributed by atoms with Crippen LogP contribution in [0.5, 0.6) is 5.75 Å². The smallest absolute Gasteiger partial charge is 0.266 e. The standard InChI is InChI=1S/C15H9BrFNO3/c1-21-13-11(16)6-8(17)7-12(13)18-14(19)9-4-2-3-5-10(9)15(18)20/h2-7H,1H3. The SMILES string of the molecule is COc1c(Br)cc(F)cc1N1C(=O)c2ccccc2C1=O. The molecule has 0 unspecified atom stereocenters. The first-order valence-corrected chi connectivity index (χ1v) is 6.84. The first kappa shape index (κ1) is 13.8. The molecule has 21 heavy (non-hydrogen) atoms. The van der Waals surface area contributed by atoms with Crippen molar-refractivity contribution in [3.05, 3.63) is 57.8 Å². The zero-order valence-corrected chi connectivity index (χ0v) is 12.5. The van der Waals surface area contributed by atoms with Gasteiger partial charge in [0.2, 0.25) is 0 Å². The van der Waals surface area contributed by atoms with E-state index in [0.717, 1.165) is 11.0 Å². The van der Waals surface area contributed by atoms with Crippen molar-refractivity contribution >= 4 is 33.4 Å². The van der Waals surface area contributed by atoms with Crippen LogP contribution in [0.1, 0.15) is 20.7 Å². The molecule has 1 heterocycles. The zero-order chi connectivity index (χ0) is 15.1. The number of anilines is 1. The molecule has 0 aromatic heterocycles. The van der Waals surface area contributed by atoms with Crippen molar-refractivity contribution in [1.82, 2.24) is 0 Å². The summed E-state index contributed by atoms with van der Waals surface area (Å²) in [5, 5.41) is 0. The first-order valence-electron chi connectivity index (χ1n) is 6.05. The Hall–Kier alpha value is -2.21. The van der Waals surface area contributed by atoms with Crippen molar-refractivity contribution in [3.8, 4) is 5.75 Å². The first-order chi connectivity index (χ1) is 10.0. The van der Waals surface area contributed by atoms with Crippen LogP contribution < -0.4 is 9.64 Å². The maximum atomic E-state index is 13.6. The predicted octanol–water partition coefficient (Wildman–Crippen LogP) is 3.40. The maximum absolute atomic E-state index is 13.6. The van der Waals surface area contributed by atoms with Gasteiger partial charge in [0.15, 0.2) is 5.75 Å². The Bertz CT molecular complexity index is 741. The normalized spacial score (nSPS) is 13.6. The van der Waals surface area contributed by atoms with Gasteiger partial charge in [-0.3, -0.25) is 9.59 Å². The van der Waals surface area contributed by atoms with Gasteiger partial charge >= 0.3 is 0 Å². The minimum Gasteiger partial charge on any atom is -0.493 e. The van der Waals surface area contributed by atoms with E-state index in [1.807, 2.05) is 0 Å². The number of hydrogen-bond donors (Lipinski definition) is 0. The molecule has 0 N–H and O–H groups in total. The molecule has 0 radical (unpaired) electrons. The highest BCUT2D eigenvalue weighted by molar-refractivity contribution is 9.10. The number of imide groups is 1. The minimum atomic E-state index is -0.575. The largest absolute Gasteiger partial charge is 0.493 e. The van der Waals surface area contributed by atoms with Crippen LogP contribution in [0.4, 0.5) is 10.1 Å². The summed E-state index contributed by atoms with van der Waals surface area (Å²) in [6.07, 6.45) is 0. The number of halogens is 2. The molecule has 0 fully saturated rings. The van der Waals surface area contributed by atoms with E-state index in [4.69, 9.17) is 4.74 Å². The molecule has 0 saturated carbocycles. The number of fused-ring (bicyclic) bond motifs is 1. The van der Waals surface area contributed by atoms with Crippen LogP contribution in [0, 0.1) is 5.82 Å². The molecule has 1 aliphatic rings. The summed E-state index contributed by atoms with van der Waals surface area (Å²) >= 11 is 3.17. The van der Waals surface area contributed by atoms with E-state index in [-0.39, 0.29) is 11.4 Å². The van der Waals surface area contributed by atoms with Crippen molar-refractivity contribution in [3.63, 3.8) is 0 Å². The summed E-state index contributed by atoms with van der Waals surface area (Å²) in [7, 11) is 1.39. The second kappa shape index (κ2) is 4.96. The monoisotopic (exact) mass is 349 g/mol. The van der Waals surface area contributed by atoms with Gasteiger partial charge in [0, 0.05) is 6.07 Å². The van der Waals surface area contributed by atoms with E-state index < -0.39 is 17.6 Å². The lowest BCUT2D eigenvalue weighted by atomic mass is 10.1. The zero-order valence-electron chi connectivity index (χ0n) is 10.9. The summed E-state index contributed by atoms with van der Waals surface area (Å²) in [5.41, 5.74) is 0.672. The fraction of sp³-hybridized carbons (Fsp3) is 0.0667. The maximum Gasteiger partial charge on any atom is 0.266 e. The second-order valence-corrected chi connectivity index (χ2v) is 5.29. The van der Waals surface area contributed by atoms with Crippen molar-refractivity contribution in [2.75, 3.05) is 12.0 Å². The molecule has 2 amide bonds. The topological polar surface area (TPSA) is 46.6 Å². The summed E-state index contributed by atoms with van der Waals surface area (Å²) < 4.78 is 19.2. The highest BCUT2D eigenvalue weighted by Gasteiger charge is 2.38. The van der Waals surface area contributed by atoms with Gasteiger partial charge in [-0.1, -0.05) is 12.1 Å². The van der Waals surface area contributed by atoms with Gasteiger partial charge in [-0.25, -0.2) is 9.29 Å². The highest BCUT2D eigenvalue weighted by atomic mass is 79.9. The molecule has 0 bridgehead atoms. The lowest BCUT2D eigenvalue weighted by Gasteiger charge is -2.18. The fourth-order valence-corrected chi connectivity index (χ4v) is 2.91. The minimum absolute atomic E-state index is 0.0792. The Kier molecular flexibility index (Phi) is 3.25. The number of nitrogens with zero attached hydrogens (tertiary/aromatic N) is 1. The van der Waals surface area contributed by atoms with Crippen molar-refractivity contribution in [2.45, 2.75) is 0 Å². The van der Waals surface area contributed by atoms with E-state index in [9.17, 15) is 14.0 Å². The molecule has 106 valence electrons. The molecule has 0 aliphatic carbocycles. The van der Waals surface area contributed by atoms with Crippen molar-refractivity contribution < 1.29 is 18.7 Å². The summed E-state index contributed by atoms with van der Waals surface area (Å²) in [6, 6.07) is 8.79. The number of carbonyl (C=O) groups excluding carboxylic acids is 2. The van der Waals surface area contributed by atoms with E-state index in [2.05, 4.69) is 15.9 Å². The Morgan fingerprint density at radius 1 is 1.10 bits per heavy atom. The van der Waals surface area contributed by atoms with Gasteiger partial charge in [0.05, 0.1) is 28.4 Å². The summed E-state index contributed by atoms with van der Waals surface area (Å²) in [4.78, 5) is 25.7. The van der Waals surface area contributed by atoms with Crippen LogP contribution in [-0.4, -0.2) is 18.9 Å². The third-order valence-corrected chi connectivity index (χ3v) is 3.82. The molecule has 2 aromatic rings. The second-order valence-electron chi connectivity index (χ2n) is 4.43. The highest BCUT2D eigenvalue weighted by Crippen LogP contribution is 2.40. The molecule has 0 spiro atoms. The molecule has 1 aliphatic heterocycles. The lowest BCUT2D eigenvalue weighted by Crippen LogP contribution is -2.30. The number of rotatable bonds is 2. The number of hydrogen-bond acceptors (Lipinski definition) is 3. The molecular weight excluding hydrogens is 341 g/mol. The van der Waals surface area contributed by atoms with E-state index in [1.54, 1.807) is 24.3 Å². The van der Waals surface area contributed by atoms with Gasteiger partial charge in [0.1, 0.15) is 5.82 Å². The van der Waals surface area contributed by atoms with Crippen LogP contribution >= 0.6 is 15.9 Å². The van der Waals surface area contributed by atoms with Gasteiger partial charge < -0.3 is 4.74 Å². The van der Waals surface area contributed by atoms with Crippen molar-refractivity contribution in [1.29, 1.82) is 0 Å².